The summed E-state index contributed by atoms with van der Waals surface area (Å²) in [6.45, 7) is 8.61. The Hall–Kier alpha value is -1.63. The summed E-state index contributed by atoms with van der Waals surface area (Å²) >= 11 is 12.3. The molecule has 37 heavy (non-hydrogen) atoms. The molecule has 2 aromatic rings. The highest BCUT2D eigenvalue weighted by atomic mass is 35.5. The minimum atomic E-state index is -0.144. The lowest BCUT2D eigenvalue weighted by Gasteiger charge is -2.31. The van der Waals surface area contributed by atoms with E-state index < -0.39 is 0 Å². The largest absolute Gasteiger partial charge is 0.341 e. The predicted molar refractivity (Wildman–Crippen MR) is 154 cm³/mol. The maximum atomic E-state index is 13.8. The number of piperidine rings is 1. The van der Waals surface area contributed by atoms with Gasteiger partial charge in [-0.2, -0.15) is 0 Å². The minimum absolute atomic E-state index is 0.144. The SMILES string of the molecule is CC[C@H](CN1CC[C@@H](CNCc2ccc(Cl)c(Cl)c2)N[C@@H](CCN2CCCCC2)C1=O)c1ccccc1. The molecule has 0 unspecified atom stereocenters. The Morgan fingerprint density at radius 2 is 1.81 bits per heavy atom. The summed E-state index contributed by atoms with van der Waals surface area (Å²) in [6.07, 6.45) is 6.69. The molecule has 0 saturated carbocycles. The van der Waals surface area contributed by atoms with Crippen molar-refractivity contribution in [2.24, 2.45) is 0 Å². The summed E-state index contributed by atoms with van der Waals surface area (Å²) < 4.78 is 0. The highest BCUT2D eigenvalue weighted by molar-refractivity contribution is 6.42. The highest BCUT2D eigenvalue weighted by Crippen LogP contribution is 2.24. The number of rotatable bonds is 11. The van der Waals surface area contributed by atoms with Gasteiger partial charge in [-0.15, -0.1) is 0 Å². The van der Waals surface area contributed by atoms with Gasteiger partial charge >= 0.3 is 0 Å². The molecule has 0 bridgehead atoms. The molecule has 1 amide bonds. The van der Waals surface area contributed by atoms with Crippen LogP contribution < -0.4 is 10.6 Å². The molecule has 0 spiro atoms. The number of carbonyl (C=O) groups is 1. The van der Waals surface area contributed by atoms with Crippen LogP contribution in [-0.4, -0.2) is 67.1 Å². The second-order valence-corrected chi connectivity index (χ2v) is 11.4. The molecular formula is C30H42Cl2N4O. The molecule has 2 aliphatic rings. The fourth-order valence-corrected chi connectivity index (χ4v) is 5.95. The topological polar surface area (TPSA) is 47.6 Å². The summed E-state index contributed by atoms with van der Waals surface area (Å²) in [7, 11) is 0. The van der Waals surface area contributed by atoms with E-state index in [0.717, 1.165) is 70.6 Å². The van der Waals surface area contributed by atoms with Crippen molar-refractivity contribution in [3.05, 3.63) is 69.7 Å². The van der Waals surface area contributed by atoms with Gasteiger partial charge < -0.3 is 20.4 Å². The Labute approximate surface area is 232 Å². The van der Waals surface area contributed by atoms with Crippen molar-refractivity contribution in [3.63, 3.8) is 0 Å². The molecule has 3 atom stereocenters. The average Bonchev–Trinajstić information content (AvgIpc) is 3.07. The molecular weight excluding hydrogens is 503 g/mol. The van der Waals surface area contributed by atoms with Crippen molar-refractivity contribution in [2.75, 3.05) is 39.3 Å². The fourth-order valence-electron chi connectivity index (χ4n) is 5.63. The van der Waals surface area contributed by atoms with Crippen LogP contribution >= 0.6 is 23.2 Å². The minimum Gasteiger partial charge on any atom is -0.341 e. The molecule has 2 fully saturated rings. The third-order valence-corrected chi connectivity index (χ3v) is 8.62. The third kappa shape index (κ3) is 8.43. The number of nitrogens with zero attached hydrogens (tertiary/aromatic N) is 2. The van der Waals surface area contributed by atoms with Crippen LogP contribution in [-0.2, 0) is 11.3 Å². The van der Waals surface area contributed by atoms with E-state index in [1.54, 1.807) is 0 Å². The van der Waals surface area contributed by atoms with Gasteiger partial charge in [-0.1, -0.05) is 72.9 Å². The zero-order valence-electron chi connectivity index (χ0n) is 22.1. The van der Waals surface area contributed by atoms with Gasteiger partial charge in [0, 0.05) is 44.7 Å². The molecule has 2 heterocycles. The zero-order chi connectivity index (χ0) is 26.0. The molecule has 5 nitrogen and oxygen atoms in total. The van der Waals surface area contributed by atoms with Crippen LogP contribution in [0.5, 0.6) is 0 Å². The summed E-state index contributed by atoms with van der Waals surface area (Å²) in [5, 5.41) is 8.48. The van der Waals surface area contributed by atoms with E-state index in [9.17, 15) is 4.79 Å². The Morgan fingerprint density at radius 1 is 1.03 bits per heavy atom. The van der Waals surface area contributed by atoms with Crippen LogP contribution in [0.25, 0.3) is 0 Å². The fraction of sp³-hybridized carbons (Fsp3) is 0.567. The number of amides is 1. The summed E-state index contributed by atoms with van der Waals surface area (Å²) in [4.78, 5) is 18.5. The number of hydrogen-bond donors (Lipinski definition) is 2. The Kier molecular flexibility index (Phi) is 11.1. The number of benzene rings is 2. The van der Waals surface area contributed by atoms with Crippen molar-refractivity contribution in [1.82, 2.24) is 20.4 Å². The van der Waals surface area contributed by atoms with Crippen molar-refractivity contribution in [2.45, 2.75) is 70.0 Å². The normalized spacial score (nSPS) is 22.1. The molecule has 202 valence electrons. The molecule has 2 saturated heterocycles. The third-order valence-electron chi connectivity index (χ3n) is 7.89. The van der Waals surface area contributed by atoms with Gasteiger partial charge in [0.05, 0.1) is 16.1 Å². The second-order valence-electron chi connectivity index (χ2n) is 10.6. The van der Waals surface area contributed by atoms with E-state index in [2.05, 4.69) is 57.7 Å². The van der Waals surface area contributed by atoms with Crippen LogP contribution in [0.1, 0.15) is 62.5 Å². The molecule has 2 N–H and O–H groups in total. The smallest absolute Gasteiger partial charge is 0.239 e. The van der Waals surface area contributed by atoms with Gasteiger partial charge in [0.25, 0.3) is 0 Å². The maximum Gasteiger partial charge on any atom is 0.239 e. The van der Waals surface area contributed by atoms with E-state index in [1.165, 1.54) is 24.8 Å². The molecule has 2 aromatic carbocycles. The van der Waals surface area contributed by atoms with Gasteiger partial charge in [-0.25, -0.2) is 0 Å². The van der Waals surface area contributed by atoms with E-state index in [-0.39, 0.29) is 18.0 Å². The van der Waals surface area contributed by atoms with Gasteiger partial charge in [0.15, 0.2) is 0 Å². The van der Waals surface area contributed by atoms with Crippen molar-refractivity contribution < 1.29 is 4.79 Å². The van der Waals surface area contributed by atoms with Gasteiger partial charge in [0.2, 0.25) is 5.91 Å². The van der Waals surface area contributed by atoms with Crippen LogP contribution in [0.2, 0.25) is 10.0 Å². The van der Waals surface area contributed by atoms with Gasteiger partial charge in [-0.05, 0) is 68.5 Å². The van der Waals surface area contributed by atoms with E-state index in [4.69, 9.17) is 23.2 Å². The van der Waals surface area contributed by atoms with E-state index >= 15 is 0 Å². The van der Waals surface area contributed by atoms with Crippen LogP contribution in [0, 0.1) is 0 Å². The van der Waals surface area contributed by atoms with Gasteiger partial charge in [-0.3, -0.25) is 4.79 Å². The first-order valence-electron chi connectivity index (χ1n) is 14.0. The molecule has 4 rings (SSSR count). The lowest BCUT2D eigenvalue weighted by molar-refractivity contribution is -0.133. The predicted octanol–water partition coefficient (Wildman–Crippen LogP) is 5.71. The molecule has 0 aliphatic carbocycles. The lowest BCUT2D eigenvalue weighted by Crippen LogP contribution is -2.50. The van der Waals surface area contributed by atoms with Crippen molar-refractivity contribution >= 4 is 29.1 Å². The lowest BCUT2D eigenvalue weighted by atomic mass is 9.95. The molecule has 2 aliphatic heterocycles. The standard InChI is InChI=1S/C30H42Cl2N4O/c1-2-24(25-9-5-3-6-10-25)22-36-18-13-26(21-33-20-23-11-12-27(31)28(32)19-23)34-29(30(36)37)14-17-35-15-7-4-8-16-35/h3,5-6,9-12,19,24,26,29,33-34H,2,4,7-8,13-18,20-22H2,1H3/t24-,26+,29+/m1/s1. The van der Waals surface area contributed by atoms with Crippen molar-refractivity contribution in [3.8, 4) is 0 Å². The Bertz CT molecular complexity index is 983. The number of carbonyl (C=O) groups excluding carboxylic acids is 1. The summed E-state index contributed by atoms with van der Waals surface area (Å²) in [6, 6.07) is 16.5. The van der Waals surface area contributed by atoms with Crippen LogP contribution in [0.3, 0.4) is 0 Å². The summed E-state index contributed by atoms with van der Waals surface area (Å²) in [5.74, 6) is 0.621. The zero-order valence-corrected chi connectivity index (χ0v) is 23.6. The number of hydrogen-bond acceptors (Lipinski definition) is 4. The van der Waals surface area contributed by atoms with Crippen LogP contribution in [0.15, 0.2) is 48.5 Å². The van der Waals surface area contributed by atoms with Crippen LogP contribution in [0.4, 0.5) is 0 Å². The monoisotopic (exact) mass is 544 g/mol. The van der Waals surface area contributed by atoms with E-state index in [1.807, 2.05) is 18.2 Å². The quantitative estimate of drug-likeness (QED) is 0.380. The van der Waals surface area contributed by atoms with E-state index in [0.29, 0.717) is 16.0 Å². The molecule has 7 heteroatoms. The maximum absolute atomic E-state index is 13.8. The molecule has 0 aromatic heterocycles. The Balaban J connectivity index is 1.40. The number of halogens is 2. The number of nitrogens with one attached hydrogen (secondary N) is 2. The first-order chi connectivity index (χ1) is 18.0. The first kappa shape index (κ1) is 28.4. The summed E-state index contributed by atoms with van der Waals surface area (Å²) in [5.41, 5.74) is 2.43. The number of likely N-dealkylation sites (tertiary alicyclic amines) is 1. The highest BCUT2D eigenvalue weighted by Gasteiger charge is 2.32. The first-order valence-corrected chi connectivity index (χ1v) is 14.8. The van der Waals surface area contributed by atoms with Crippen molar-refractivity contribution in [1.29, 1.82) is 0 Å². The average molecular weight is 546 g/mol. The second kappa shape index (κ2) is 14.5. The Morgan fingerprint density at radius 3 is 2.54 bits per heavy atom. The van der Waals surface area contributed by atoms with Gasteiger partial charge in [0.1, 0.15) is 0 Å². The molecule has 0 radical (unpaired) electrons.